The molecule has 3 nitrogen and oxygen atoms in total. The van der Waals surface area contributed by atoms with Gasteiger partial charge in [0.1, 0.15) is 0 Å². The number of benzene rings is 2. The molecule has 0 amide bonds. The number of hydrogen-bond acceptors (Lipinski definition) is 2. The SMILES string of the molecule is Cc1cccc(-c2ccc(Cn3cc(CO)cn3)cc2)c1Cl. The monoisotopic (exact) mass is 312 g/mol. The zero-order chi connectivity index (χ0) is 15.5. The molecule has 4 heteroatoms. The minimum atomic E-state index is 0.0186. The lowest BCUT2D eigenvalue weighted by Crippen LogP contribution is -1.99. The number of aliphatic hydroxyl groups excluding tert-OH is 1. The third-order valence-corrected chi connectivity index (χ3v) is 4.17. The summed E-state index contributed by atoms with van der Waals surface area (Å²) >= 11 is 6.38. The molecule has 0 aliphatic rings. The van der Waals surface area contributed by atoms with E-state index in [-0.39, 0.29) is 6.61 Å². The van der Waals surface area contributed by atoms with Gasteiger partial charge in [-0.15, -0.1) is 0 Å². The number of hydrogen-bond donors (Lipinski definition) is 1. The van der Waals surface area contributed by atoms with E-state index in [1.807, 2.05) is 36.0 Å². The summed E-state index contributed by atoms with van der Waals surface area (Å²) in [7, 11) is 0. The fourth-order valence-corrected chi connectivity index (χ4v) is 2.66. The van der Waals surface area contributed by atoms with Crippen molar-refractivity contribution >= 4 is 11.6 Å². The highest BCUT2D eigenvalue weighted by Crippen LogP contribution is 2.30. The lowest BCUT2D eigenvalue weighted by Gasteiger charge is -2.08. The molecule has 0 bridgehead atoms. The first-order valence-electron chi connectivity index (χ1n) is 7.14. The van der Waals surface area contributed by atoms with Crippen LogP contribution >= 0.6 is 11.6 Å². The van der Waals surface area contributed by atoms with Crippen molar-refractivity contribution in [3.05, 3.63) is 76.6 Å². The number of aromatic nitrogens is 2. The predicted octanol–water partition coefficient (Wildman–Crippen LogP) is 4.05. The molecule has 0 atom stereocenters. The predicted molar refractivity (Wildman–Crippen MR) is 88.9 cm³/mol. The van der Waals surface area contributed by atoms with Crippen molar-refractivity contribution in [1.82, 2.24) is 9.78 Å². The van der Waals surface area contributed by atoms with Crippen molar-refractivity contribution in [3.8, 4) is 11.1 Å². The second kappa shape index (κ2) is 6.34. The van der Waals surface area contributed by atoms with Crippen LogP contribution < -0.4 is 0 Å². The highest BCUT2D eigenvalue weighted by Gasteiger charge is 2.06. The second-order valence-corrected chi connectivity index (χ2v) is 5.72. The highest BCUT2D eigenvalue weighted by molar-refractivity contribution is 6.34. The Bertz CT molecular complexity index is 778. The van der Waals surface area contributed by atoms with Crippen molar-refractivity contribution in [2.75, 3.05) is 0 Å². The van der Waals surface area contributed by atoms with Crippen LogP contribution in [0.1, 0.15) is 16.7 Å². The molecule has 1 N–H and O–H groups in total. The van der Waals surface area contributed by atoms with Gasteiger partial charge in [-0.3, -0.25) is 4.68 Å². The molecule has 0 aliphatic heterocycles. The normalized spacial score (nSPS) is 10.9. The minimum absolute atomic E-state index is 0.0186. The molecule has 0 aliphatic carbocycles. The van der Waals surface area contributed by atoms with Crippen LogP contribution in [0.5, 0.6) is 0 Å². The van der Waals surface area contributed by atoms with E-state index >= 15 is 0 Å². The van der Waals surface area contributed by atoms with Gasteiger partial charge in [0.15, 0.2) is 0 Å². The summed E-state index contributed by atoms with van der Waals surface area (Å²) in [5, 5.41) is 14.1. The van der Waals surface area contributed by atoms with E-state index < -0.39 is 0 Å². The van der Waals surface area contributed by atoms with Gasteiger partial charge in [0.25, 0.3) is 0 Å². The average molecular weight is 313 g/mol. The van der Waals surface area contributed by atoms with E-state index in [1.165, 1.54) is 0 Å². The standard InChI is InChI=1S/C18H17ClN2O/c1-13-3-2-4-17(18(13)19)16-7-5-14(6-8-16)10-21-11-15(12-22)9-20-21/h2-9,11,22H,10,12H2,1H3. The van der Waals surface area contributed by atoms with Gasteiger partial charge in [-0.05, 0) is 23.6 Å². The molecule has 22 heavy (non-hydrogen) atoms. The number of aliphatic hydroxyl groups is 1. The molecule has 112 valence electrons. The summed E-state index contributed by atoms with van der Waals surface area (Å²) in [5.74, 6) is 0. The molecule has 0 fully saturated rings. The molecular weight excluding hydrogens is 296 g/mol. The zero-order valence-electron chi connectivity index (χ0n) is 12.3. The van der Waals surface area contributed by atoms with Gasteiger partial charge in [0.05, 0.1) is 24.4 Å². The third kappa shape index (κ3) is 3.06. The molecule has 0 saturated carbocycles. The zero-order valence-corrected chi connectivity index (χ0v) is 13.1. The van der Waals surface area contributed by atoms with Gasteiger partial charge in [0.2, 0.25) is 0 Å². The Hall–Kier alpha value is -2.10. The van der Waals surface area contributed by atoms with Crippen LogP contribution in [-0.2, 0) is 13.2 Å². The maximum absolute atomic E-state index is 9.06. The largest absolute Gasteiger partial charge is 0.392 e. The van der Waals surface area contributed by atoms with Gasteiger partial charge in [0, 0.05) is 17.3 Å². The fourth-order valence-electron chi connectivity index (χ4n) is 2.42. The Kier molecular flexibility index (Phi) is 4.27. The van der Waals surface area contributed by atoms with E-state index in [1.54, 1.807) is 6.20 Å². The lowest BCUT2D eigenvalue weighted by molar-refractivity contribution is 0.281. The van der Waals surface area contributed by atoms with Crippen molar-refractivity contribution in [1.29, 1.82) is 0 Å². The molecule has 0 saturated heterocycles. The Labute approximate surface area is 134 Å². The van der Waals surface area contributed by atoms with Crippen molar-refractivity contribution in [3.63, 3.8) is 0 Å². The van der Waals surface area contributed by atoms with E-state index in [0.29, 0.717) is 6.54 Å². The van der Waals surface area contributed by atoms with Gasteiger partial charge in [-0.25, -0.2) is 0 Å². The van der Waals surface area contributed by atoms with Gasteiger partial charge in [-0.1, -0.05) is 54.1 Å². The summed E-state index contributed by atoms with van der Waals surface area (Å²) in [4.78, 5) is 0. The number of rotatable bonds is 4. The van der Waals surface area contributed by atoms with Crippen LogP contribution in [0, 0.1) is 6.92 Å². The first kappa shape index (κ1) is 14.8. The number of aryl methyl sites for hydroxylation is 1. The second-order valence-electron chi connectivity index (χ2n) is 5.34. The third-order valence-electron chi connectivity index (χ3n) is 3.67. The molecule has 1 heterocycles. The summed E-state index contributed by atoms with van der Waals surface area (Å²) in [5.41, 5.74) is 5.21. The Morgan fingerprint density at radius 1 is 1.09 bits per heavy atom. The first-order chi connectivity index (χ1) is 10.7. The van der Waals surface area contributed by atoms with E-state index in [9.17, 15) is 0 Å². The summed E-state index contributed by atoms with van der Waals surface area (Å²) in [6, 6.07) is 14.4. The van der Waals surface area contributed by atoms with E-state index in [2.05, 4.69) is 29.4 Å². The van der Waals surface area contributed by atoms with Crippen LogP contribution in [0.3, 0.4) is 0 Å². The maximum atomic E-state index is 9.06. The molecule has 3 aromatic rings. The minimum Gasteiger partial charge on any atom is -0.392 e. The topological polar surface area (TPSA) is 38.0 Å². The van der Waals surface area contributed by atoms with Gasteiger partial charge < -0.3 is 5.11 Å². The van der Waals surface area contributed by atoms with Crippen LogP contribution in [0.15, 0.2) is 54.9 Å². The van der Waals surface area contributed by atoms with E-state index in [0.717, 1.165) is 32.8 Å². The van der Waals surface area contributed by atoms with Crippen LogP contribution in [0.2, 0.25) is 5.02 Å². The number of nitrogens with zero attached hydrogens (tertiary/aromatic N) is 2. The lowest BCUT2D eigenvalue weighted by atomic mass is 10.0. The highest BCUT2D eigenvalue weighted by atomic mass is 35.5. The summed E-state index contributed by atoms with van der Waals surface area (Å²) in [6.07, 6.45) is 3.53. The molecule has 0 spiro atoms. The van der Waals surface area contributed by atoms with Crippen molar-refractivity contribution in [2.24, 2.45) is 0 Å². The van der Waals surface area contributed by atoms with Gasteiger partial charge >= 0.3 is 0 Å². The Morgan fingerprint density at radius 3 is 2.55 bits per heavy atom. The maximum Gasteiger partial charge on any atom is 0.0712 e. The smallest absolute Gasteiger partial charge is 0.0712 e. The van der Waals surface area contributed by atoms with Crippen LogP contribution in [0.25, 0.3) is 11.1 Å². The molecule has 1 aromatic heterocycles. The molecule has 3 rings (SSSR count). The fraction of sp³-hybridized carbons (Fsp3) is 0.167. The number of halogens is 1. The summed E-state index contributed by atoms with van der Waals surface area (Å²) in [6.45, 7) is 2.71. The molecule has 0 radical (unpaired) electrons. The van der Waals surface area contributed by atoms with Crippen molar-refractivity contribution < 1.29 is 5.11 Å². The van der Waals surface area contributed by atoms with Gasteiger partial charge in [-0.2, -0.15) is 5.10 Å². The summed E-state index contributed by atoms with van der Waals surface area (Å²) < 4.78 is 1.82. The van der Waals surface area contributed by atoms with Crippen LogP contribution in [0.4, 0.5) is 0 Å². The van der Waals surface area contributed by atoms with Crippen LogP contribution in [-0.4, -0.2) is 14.9 Å². The first-order valence-corrected chi connectivity index (χ1v) is 7.52. The Balaban J connectivity index is 1.82. The average Bonchev–Trinajstić information content (AvgIpc) is 2.99. The molecular formula is C18H17ClN2O. The molecule has 0 unspecified atom stereocenters. The van der Waals surface area contributed by atoms with E-state index in [4.69, 9.17) is 16.7 Å². The quantitative estimate of drug-likeness (QED) is 0.789. The molecule has 2 aromatic carbocycles. The van der Waals surface area contributed by atoms with Crippen molar-refractivity contribution in [2.45, 2.75) is 20.1 Å². The Morgan fingerprint density at radius 2 is 1.86 bits per heavy atom.